The number of benzene rings is 1. The molecule has 3 aromatic heterocycles. The lowest BCUT2D eigenvalue weighted by Gasteiger charge is -2.31. The first kappa shape index (κ1) is 24.7. The number of furan rings is 1. The van der Waals surface area contributed by atoms with Crippen molar-refractivity contribution in [3.05, 3.63) is 60.4 Å². The molecule has 0 saturated heterocycles. The molecule has 0 bridgehead atoms. The number of ether oxygens (including phenoxy) is 1. The number of carbonyl (C=O) groups excluding carboxylic acids is 2. The number of hydrogen-bond donors (Lipinski definition) is 0. The van der Waals surface area contributed by atoms with Gasteiger partial charge in [-0.1, -0.05) is 19.3 Å². The fourth-order valence-corrected chi connectivity index (χ4v) is 4.97. The Morgan fingerprint density at radius 3 is 2.57 bits per heavy atom. The van der Waals surface area contributed by atoms with E-state index in [1.54, 1.807) is 28.9 Å². The summed E-state index contributed by atoms with van der Waals surface area (Å²) in [6.07, 6.45) is 8.39. The molecule has 5 rings (SSSR count). The molecule has 192 valence electrons. The molecular weight excluding hydrogens is 468 g/mol. The Balaban J connectivity index is 1.49. The Morgan fingerprint density at radius 1 is 1.14 bits per heavy atom. The monoisotopic (exact) mass is 500 g/mol. The lowest BCUT2D eigenvalue weighted by Crippen LogP contribution is -2.42. The summed E-state index contributed by atoms with van der Waals surface area (Å²) in [4.78, 5) is 32.5. The van der Waals surface area contributed by atoms with Crippen LogP contribution in [0.1, 0.15) is 63.2 Å². The van der Waals surface area contributed by atoms with Crippen molar-refractivity contribution >= 4 is 28.8 Å². The molecule has 1 aliphatic rings. The van der Waals surface area contributed by atoms with Gasteiger partial charge in [0.2, 0.25) is 5.91 Å². The molecule has 37 heavy (non-hydrogen) atoms. The van der Waals surface area contributed by atoms with E-state index in [1.807, 2.05) is 56.3 Å². The van der Waals surface area contributed by atoms with Crippen molar-refractivity contribution in [1.82, 2.24) is 14.8 Å². The zero-order valence-corrected chi connectivity index (χ0v) is 21.5. The van der Waals surface area contributed by atoms with E-state index in [0.717, 1.165) is 60.2 Å². The van der Waals surface area contributed by atoms with Gasteiger partial charge >= 0.3 is 5.97 Å². The van der Waals surface area contributed by atoms with Gasteiger partial charge in [-0.2, -0.15) is 0 Å². The number of carbonyl (C=O) groups is 2. The van der Waals surface area contributed by atoms with Crippen LogP contribution in [-0.4, -0.2) is 39.3 Å². The predicted octanol–water partition coefficient (Wildman–Crippen LogP) is 6.18. The topological polar surface area (TPSA) is 90.5 Å². The van der Waals surface area contributed by atoms with E-state index in [4.69, 9.17) is 14.3 Å². The van der Waals surface area contributed by atoms with Crippen molar-refractivity contribution in [3.63, 3.8) is 0 Å². The van der Waals surface area contributed by atoms with Crippen molar-refractivity contribution in [2.45, 2.75) is 58.9 Å². The Bertz CT molecular complexity index is 1360. The van der Waals surface area contributed by atoms with Gasteiger partial charge < -0.3 is 9.15 Å². The largest absolute Gasteiger partial charge is 0.462 e. The number of amides is 1. The van der Waals surface area contributed by atoms with Gasteiger partial charge in [0.1, 0.15) is 16.8 Å². The van der Waals surface area contributed by atoms with Gasteiger partial charge in [-0.3, -0.25) is 14.7 Å². The summed E-state index contributed by atoms with van der Waals surface area (Å²) < 4.78 is 12.9. The predicted molar refractivity (Wildman–Crippen MR) is 142 cm³/mol. The smallest absolute Gasteiger partial charge is 0.343 e. The second kappa shape index (κ2) is 10.6. The Hall–Kier alpha value is -3.94. The second-order valence-electron chi connectivity index (χ2n) is 9.71. The highest BCUT2D eigenvalue weighted by atomic mass is 16.5. The molecule has 8 nitrogen and oxygen atoms in total. The van der Waals surface area contributed by atoms with Crippen LogP contribution in [0.5, 0.6) is 0 Å². The van der Waals surface area contributed by atoms with E-state index in [9.17, 15) is 9.59 Å². The van der Waals surface area contributed by atoms with E-state index in [0.29, 0.717) is 5.82 Å². The van der Waals surface area contributed by atoms with E-state index in [1.165, 1.54) is 0 Å². The number of fused-ring (bicyclic) bond motifs is 1. The molecular formula is C29H32N4O4. The summed E-state index contributed by atoms with van der Waals surface area (Å²) in [5, 5.41) is 4.75. The summed E-state index contributed by atoms with van der Waals surface area (Å²) in [5.41, 5.74) is 3.47. The molecule has 0 aliphatic heterocycles. The lowest BCUT2D eigenvalue weighted by atomic mass is 9.88. The molecule has 1 aromatic carbocycles. The maximum Gasteiger partial charge on any atom is 0.343 e. The number of hydrogen-bond acceptors (Lipinski definition) is 6. The van der Waals surface area contributed by atoms with Gasteiger partial charge in [0.05, 0.1) is 12.3 Å². The van der Waals surface area contributed by atoms with Crippen molar-refractivity contribution in [2.75, 3.05) is 11.5 Å². The van der Waals surface area contributed by atoms with Gasteiger partial charge in [-0.25, -0.2) is 9.48 Å². The van der Waals surface area contributed by atoms with Crippen LogP contribution >= 0.6 is 0 Å². The molecule has 1 aliphatic carbocycles. The van der Waals surface area contributed by atoms with E-state index in [-0.39, 0.29) is 30.0 Å². The van der Waals surface area contributed by atoms with Crippen LogP contribution < -0.4 is 4.90 Å². The molecule has 4 aromatic rings. The summed E-state index contributed by atoms with van der Waals surface area (Å²) in [6, 6.07) is 13.2. The molecule has 1 amide bonds. The molecule has 0 radical (unpaired) electrons. The Kier molecular flexibility index (Phi) is 7.08. The lowest BCUT2D eigenvalue weighted by molar-refractivity contribution is -0.123. The molecule has 0 spiro atoms. The van der Waals surface area contributed by atoms with Gasteiger partial charge in [0, 0.05) is 36.0 Å². The van der Waals surface area contributed by atoms with Gasteiger partial charge in [-0.15, -0.1) is 5.10 Å². The Labute approximate surface area is 216 Å². The van der Waals surface area contributed by atoms with Crippen LogP contribution in [-0.2, 0) is 9.53 Å². The molecule has 0 atom stereocenters. The van der Waals surface area contributed by atoms with Crippen LogP contribution in [0.4, 0.5) is 5.82 Å². The van der Waals surface area contributed by atoms with Crippen LogP contribution in [0, 0.1) is 5.92 Å². The van der Waals surface area contributed by atoms with Crippen LogP contribution in [0.3, 0.4) is 0 Å². The maximum absolute atomic E-state index is 13.6. The third-order valence-corrected chi connectivity index (χ3v) is 6.83. The number of pyridine rings is 1. The molecule has 0 unspecified atom stereocenters. The highest BCUT2D eigenvalue weighted by Gasteiger charge is 2.33. The standard InChI is InChI=1S/C29H32N4O4/c1-4-36-29(35)23-18-32(31-27(23)33(19(2)3)28(34)21-9-6-5-7-10-21)22-14-12-20(13-15-22)26-17-24-25(37-26)11-8-16-30-24/h8,11-19,21H,4-7,9-10H2,1-3H3. The summed E-state index contributed by atoms with van der Waals surface area (Å²) >= 11 is 0. The maximum atomic E-state index is 13.6. The minimum Gasteiger partial charge on any atom is -0.462 e. The van der Waals surface area contributed by atoms with Gasteiger partial charge in [-0.05, 0) is 70.0 Å². The fraction of sp³-hybridized carbons (Fsp3) is 0.379. The number of rotatable bonds is 7. The number of aromatic nitrogens is 3. The SMILES string of the molecule is CCOC(=O)c1cn(-c2ccc(-c3cc4ncccc4o3)cc2)nc1N(C(=O)C1CCCCC1)C(C)C. The minimum atomic E-state index is -0.489. The summed E-state index contributed by atoms with van der Waals surface area (Å²) in [7, 11) is 0. The van der Waals surface area contributed by atoms with E-state index in [2.05, 4.69) is 4.98 Å². The molecule has 0 N–H and O–H groups in total. The average Bonchev–Trinajstić information content (AvgIpc) is 3.54. The number of nitrogens with zero attached hydrogens (tertiary/aromatic N) is 4. The second-order valence-corrected chi connectivity index (χ2v) is 9.71. The van der Waals surface area contributed by atoms with E-state index < -0.39 is 5.97 Å². The number of anilines is 1. The van der Waals surface area contributed by atoms with Crippen molar-refractivity contribution in [1.29, 1.82) is 0 Å². The first-order valence-corrected chi connectivity index (χ1v) is 13.0. The Morgan fingerprint density at radius 2 is 1.89 bits per heavy atom. The molecule has 8 heteroatoms. The van der Waals surface area contributed by atoms with Crippen molar-refractivity contribution < 1.29 is 18.7 Å². The van der Waals surface area contributed by atoms with Gasteiger partial charge in [0.25, 0.3) is 0 Å². The summed E-state index contributed by atoms with van der Waals surface area (Å²) in [5.74, 6) is 0.555. The van der Waals surface area contributed by atoms with Crippen molar-refractivity contribution in [2.24, 2.45) is 5.92 Å². The van der Waals surface area contributed by atoms with Gasteiger partial charge in [0.15, 0.2) is 11.4 Å². The zero-order valence-electron chi connectivity index (χ0n) is 21.5. The van der Waals surface area contributed by atoms with Crippen LogP contribution in [0.25, 0.3) is 28.1 Å². The third-order valence-electron chi connectivity index (χ3n) is 6.83. The highest BCUT2D eigenvalue weighted by Crippen LogP contribution is 2.32. The van der Waals surface area contributed by atoms with E-state index >= 15 is 0 Å². The fourth-order valence-electron chi connectivity index (χ4n) is 4.97. The minimum absolute atomic E-state index is 0.0272. The average molecular weight is 501 g/mol. The first-order chi connectivity index (χ1) is 18.0. The summed E-state index contributed by atoms with van der Waals surface area (Å²) in [6.45, 7) is 5.90. The molecule has 3 heterocycles. The van der Waals surface area contributed by atoms with Crippen molar-refractivity contribution in [3.8, 4) is 17.0 Å². The molecule has 1 fully saturated rings. The van der Waals surface area contributed by atoms with Crippen LogP contribution in [0.15, 0.2) is 59.3 Å². The zero-order chi connectivity index (χ0) is 25.9. The first-order valence-electron chi connectivity index (χ1n) is 13.0. The normalized spacial score (nSPS) is 14.3. The highest BCUT2D eigenvalue weighted by molar-refractivity contribution is 6.02. The third kappa shape index (κ3) is 5.01. The molecule has 1 saturated carbocycles. The quantitative estimate of drug-likeness (QED) is 0.282. The number of esters is 1. The van der Waals surface area contributed by atoms with Crippen LogP contribution in [0.2, 0.25) is 0 Å².